The van der Waals surface area contributed by atoms with Crippen molar-refractivity contribution in [1.82, 2.24) is 9.88 Å². The van der Waals surface area contributed by atoms with Crippen LogP contribution in [0.3, 0.4) is 0 Å². The molecule has 3 rings (SSSR count). The predicted molar refractivity (Wildman–Crippen MR) is 106 cm³/mol. The van der Waals surface area contributed by atoms with Gasteiger partial charge in [0.1, 0.15) is 4.60 Å². The zero-order chi connectivity index (χ0) is 18.7. The van der Waals surface area contributed by atoms with E-state index in [4.69, 9.17) is 11.6 Å². The number of carbonyl (C=O) groups is 2. The molecule has 2 heterocycles. The molecule has 1 atom stereocenters. The number of carbonyl (C=O) groups excluding carboxylic acids is 2. The maximum atomic E-state index is 12.9. The Bertz CT molecular complexity index is 813. The normalized spacial score (nSPS) is 17.0. The highest BCUT2D eigenvalue weighted by molar-refractivity contribution is 9.10. The molecular weight excluding hydrogens is 418 g/mol. The van der Waals surface area contributed by atoms with Gasteiger partial charge in [0.25, 0.3) is 0 Å². The van der Waals surface area contributed by atoms with E-state index in [0.717, 1.165) is 18.5 Å². The maximum Gasteiger partial charge on any atom is 0.325 e. The van der Waals surface area contributed by atoms with Crippen molar-refractivity contribution in [1.29, 1.82) is 0 Å². The minimum absolute atomic E-state index is 0.000666. The molecule has 7 heteroatoms. The van der Waals surface area contributed by atoms with Crippen LogP contribution in [0.4, 0.5) is 10.5 Å². The summed E-state index contributed by atoms with van der Waals surface area (Å²) < 4.78 is 0.714. The van der Waals surface area contributed by atoms with Crippen molar-refractivity contribution in [3.8, 4) is 0 Å². The molecule has 1 aliphatic heterocycles. The van der Waals surface area contributed by atoms with Gasteiger partial charge in [-0.1, -0.05) is 37.1 Å². The Morgan fingerprint density at radius 3 is 2.81 bits per heavy atom. The van der Waals surface area contributed by atoms with Gasteiger partial charge in [-0.2, -0.15) is 0 Å². The van der Waals surface area contributed by atoms with E-state index in [-0.39, 0.29) is 24.4 Å². The summed E-state index contributed by atoms with van der Waals surface area (Å²) in [5.74, 6) is -0.113. The molecule has 2 aromatic rings. The highest BCUT2D eigenvalue weighted by Crippen LogP contribution is 2.26. The Morgan fingerprint density at radius 1 is 1.35 bits per heavy atom. The lowest BCUT2D eigenvalue weighted by molar-refractivity contribution is 0.0935. The van der Waals surface area contributed by atoms with Gasteiger partial charge < -0.3 is 4.90 Å². The summed E-state index contributed by atoms with van der Waals surface area (Å²) in [5, 5.41) is 0.510. The van der Waals surface area contributed by atoms with E-state index >= 15 is 0 Å². The molecule has 0 unspecified atom stereocenters. The van der Waals surface area contributed by atoms with E-state index in [1.807, 2.05) is 6.07 Å². The minimum atomic E-state index is -0.164. The fourth-order valence-electron chi connectivity index (χ4n) is 3.13. The Balaban J connectivity index is 1.80. The van der Waals surface area contributed by atoms with Crippen LogP contribution in [-0.4, -0.2) is 40.8 Å². The van der Waals surface area contributed by atoms with Crippen LogP contribution in [-0.2, 0) is 0 Å². The number of amides is 2. The molecule has 0 saturated carbocycles. The highest BCUT2D eigenvalue weighted by atomic mass is 79.9. The van der Waals surface area contributed by atoms with E-state index in [1.165, 1.54) is 0 Å². The van der Waals surface area contributed by atoms with Crippen molar-refractivity contribution in [3.05, 3.63) is 57.8 Å². The number of ketones is 1. The topological polar surface area (TPSA) is 53.5 Å². The number of Topliss-reactive ketones (excluding diaryl/α,β-unsaturated/α-hetero) is 1. The summed E-state index contributed by atoms with van der Waals surface area (Å²) in [6.45, 7) is 2.68. The molecule has 0 aliphatic carbocycles. The number of nitrogens with zero attached hydrogens (tertiary/aromatic N) is 3. The number of anilines is 1. The second kappa shape index (κ2) is 8.18. The highest BCUT2D eigenvalue weighted by Gasteiger charge is 2.38. The summed E-state index contributed by atoms with van der Waals surface area (Å²) in [6.07, 6.45) is 3.44. The molecular formula is C19H19BrClN3O2. The standard InChI is InChI=1S/C19H19BrClN3O2/c1-2-4-16-11-23(15-7-8-18(20)22-10-15)19(26)24(16)12-17(25)13-5-3-6-14(21)9-13/h3,5-10,16H,2,4,11-12H2,1H3/t16-/m0/s1. The maximum absolute atomic E-state index is 12.9. The average Bonchev–Trinajstić information content (AvgIpc) is 2.92. The van der Waals surface area contributed by atoms with Gasteiger partial charge in [0.2, 0.25) is 0 Å². The molecule has 1 aliphatic rings. The van der Waals surface area contributed by atoms with E-state index < -0.39 is 0 Å². The number of halogens is 2. The molecule has 0 bridgehead atoms. The lowest BCUT2D eigenvalue weighted by Gasteiger charge is -2.22. The van der Waals surface area contributed by atoms with Crippen LogP contribution in [0.5, 0.6) is 0 Å². The molecule has 1 aromatic heterocycles. The van der Waals surface area contributed by atoms with Gasteiger partial charge in [0, 0.05) is 17.1 Å². The predicted octanol–water partition coefficient (Wildman–Crippen LogP) is 4.79. The third kappa shape index (κ3) is 4.07. The SMILES string of the molecule is CCC[C@H]1CN(c2ccc(Br)nc2)C(=O)N1CC(=O)c1cccc(Cl)c1. The number of aromatic nitrogens is 1. The molecule has 5 nitrogen and oxygen atoms in total. The van der Waals surface area contributed by atoms with Crippen molar-refractivity contribution in [2.75, 3.05) is 18.0 Å². The van der Waals surface area contributed by atoms with Crippen LogP contribution in [0.2, 0.25) is 5.02 Å². The monoisotopic (exact) mass is 435 g/mol. The van der Waals surface area contributed by atoms with Gasteiger partial charge in [0.05, 0.1) is 24.5 Å². The lowest BCUT2D eigenvalue weighted by Crippen LogP contribution is -2.39. The number of pyridine rings is 1. The summed E-state index contributed by atoms with van der Waals surface area (Å²) in [6, 6.07) is 10.3. The smallest absolute Gasteiger partial charge is 0.312 e. The molecule has 26 heavy (non-hydrogen) atoms. The Labute approximate surface area is 166 Å². The molecule has 136 valence electrons. The first-order valence-corrected chi connectivity index (χ1v) is 9.65. The number of hydrogen-bond donors (Lipinski definition) is 0. The van der Waals surface area contributed by atoms with Crippen LogP contribution in [0.25, 0.3) is 0 Å². The van der Waals surface area contributed by atoms with E-state index in [9.17, 15) is 9.59 Å². The van der Waals surface area contributed by atoms with Gasteiger partial charge in [-0.25, -0.2) is 9.78 Å². The summed E-state index contributed by atoms with van der Waals surface area (Å²) >= 11 is 9.28. The largest absolute Gasteiger partial charge is 0.325 e. The van der Waals surface area contributed by atoms with Gasteiger partial charge in [-0.3, -0.25) is 9.69 Å². The van der Waals surface area contributed by atoms with Crippen LogP contribution >= 0.6 is 27.5 Å². The molecule has 0 spiro atoms. The summed E-state index contributed by atoms with van der Waals surface area (Å²) in [5.41, 5.74) is 1.25. The van der Waals surface area contributed by atoms with Crippen LogP contribution in [0.15, 0.2) is 47.2 Å². The third-order valence-corrected chi connectivity index (χ3v) is 5.12. The molecule has 2 amide bonds. The Morgan fingerprint density at radius 2 is 2.15 bits per heavy atom. The van der Waals surface area contributed by atoms with Gasteiger partial charge in [-0.05, 0) is 46.6 Å². The first-order chi connectivity index (χ1) is 12.5. The number of rotatable bonds is 6. The Kier molecular flexibility index (Phi) is 5.94. The zero-order valence-electron chi connectivity index (χ0n) is 14.4. The first-order valence-electron chi connectivity index (χ1n) is 8.48. The number of hydrogen-bond acceptors (Lipinski definition) is 3. The van der Waals surface area contributed by atoms with Crippen molar-refractivity contribution < 1.29 is 9.59 Å². The van der Waals surface area contributed by atoms with Crippen molar-refractivity contribution in [2.45, 2.75) is 25.8 Å². The molecule has 0 N–H and O–H groups in total. The van der Waals surface area contributed by atoms with E-state index in [1.54, 1.807) is 46.3 Å². The van der Waals surface area contributed by atoms with E-state index in [0.29, 0.717) is 21.7 Å². The van der Waals surface area contributed by atoms with E-state index in [2.05, 4.69) is 27.8 Å². The summed E-state index contributed by atoms with van der Waals surface area (Å²) in [4.78, 5) is 33.1. The zero-order valence-corrected chi connectivity index (χ0v) is 16.7. The average molecular weight is 437 g/mol. The first kappa shape index (κ1) is 18.9. The van der Waals surface area contributed by atoms with Crippen molar-refractivity contribution in [2.24, 2.45) is 0 Å². The van der Waals surface area contributed by atoms with Crippen molar-refractivity contribution >= 4 is 45.0 Å². The van der Waals surface area contributed by atoms with Gasteiger partial charge in [-0.15, -0.1) is 0 Å². The second-order valence-corrected chi connectivity index (χ2v) is 7.49. The number of urea groups is 1. The molecule has 1 saturated heterocycles. The summed E-state index contributed by atoms with van der Waals surface area (Å²) in [7, 11) is 0. The molecule has 0 radical (unpaired) electrons. The minimum Gasteiger partial charge on any atom is -0.312 e. The van der Waals surface area contributed by atoms with Crippen LogP contribution in [0.1, 0.15) is 30.1 Å². The van der Waals surface area contributed by atoms with Gasteiger partial charge >= 0.3 is 6.03 Å². The van der Waals surface area contributed by atoms with Crippen LogP contribution < -0.4 is 4.90 Å². The quantitative estimate of drug-likeness (QED) is 0.483. The Hall–Kier alpha value is -1.92. The van der Waals surface area contributed by atoms with Gasteiger partial charge in [0.15, 0.2) is 5.78 Å². The van der Waals surface area contributed by atoms with Crippen LogP contribution in [0, 0.1) is 0 Å². The number of benzene rings is 1. The fraction of sp³-hybridized carbons (Fsp3) is 0.316. The third-order valence-electron chi connectivity index (χ3n) is 4.42. The van der Waals surface area contributed by atoms with Crippen molar-refractivity contribution in [3.63, 3.8) is 0 Å². The molecule has 1 aromatic carbocycles. The fourth-order valence-corrected chi connectivity index (χ4v) is 3.55. The molecule has 1 fully saturated rings. The second-order valence-electron chi connectivity index (χ2n) is 6.24. The lowest BCUT2D eigenvalue weighted by atomic mass is 10.1.